The summed E-state index contributed by atoms with van der Waals surface area (Å²) >= 11 is 0. The molecular weight excluding hydrogens is 541 g/mol. The maximum atomic E-state index is 15.4. The average Bonchev–Trinajstić information content (AvgIpc) is 3.35. The van der Waals surface area contributed by atoms with Gasteiger partial charge in [-0.1, -0.05) is 18.2 Å². The molecular formula is C31H26FN5O5. The summed E-state index contributed by atoms with van der Waals surface area (Å²) in [5.41, 5.74) is 3.17. The van der Waals surface area contributed by atoms with E-state index < -0.39 is 11.8 Å². The molecule has 0 amide bonds. The minimum Gasteiger partial charge on any atom is -0.465 e. The average molecular weight is 568 g/mol. The van der Waals surface area contributed by atoms with E-state index in [1.807, 2.05) is 10.6 Å². The first-order valence-corrected chi connectivity index (χ1v) is 13.0. The summed E-state index contributed by atoms with van der Waals surface area (Å²) in [6, 6.07) is 19.7. The van der Waals surface area contributed by atoms with Gasteiger partial charge in [0.25, 0.3) is 5.56 Å². The predicted molar refractivity (Wildman–Crippen MR) is 151 cm³/mol. The van der Waals surface area contributed by atoms with E-state index in [0.29, 0.717) is 46.9 Å². The fraction of sp³-hybridized carbons (Fsp3) is 0.194. The van der Waals surface area contributed by atoms with Crippen LogP contribution in [0.1, 0.15) is 27.3 Å². The van der Waals surface area contributed by atoms with E-state index in [9.17, 15) is 9.59 Å². The number of nitriles is 1. The van der Waals surface area contributed by atoms with Crippen LogP contribution in [0.25, 0.3) is 22.3 Å². The van der Waals surface area contributed by atoms with Gasteiger partial charge in [-0.3, -0.25) is 9.36 Å². The number of methoxy groups -OCH3 is 2. The zero-order chi connectivity index (χ0) is 29.6. The third-order valence-electron chi connectivity index (χ3n) is 6.67. The maximum Gasteiger partial charge on any atom is 0.337 e. The first kappa shape index (κ1) is 28.2. The highest BCUT2D eigenvalue weighted by Gasteiger charge is 2.17. The number of fused-ring (bicyclic) bond motifs is 1. The number of aromatic nitrogens is 4. The van der Waals surface area contributed by atoms with E-state index in [1.165, 1.54) is 36.1 Å². The maximum absolute atomic E-state index is 15.4. The molecule has 0 radical (unpaired) electrons. The van der Waals surface area contributed by atoms with Gasteiger partial charge in [-0.05, 0) is 42.0 Å². The summed E-state index contributed by atoms with van der Waals surface area (Å²) in [5, 5.41) is 8.93. The molecule has 0 bridgehead atoms. The summed E-state index contributed by atoms with van der Waals surface area (Å²) in [6.45, 7) is 0.781. The molecule has 0 atom stereocenters. The van der Waals surface area contributed by atoms with E-state index in [1.54, 1.807) is 55.6 Å². The highest BCUT2D eigenvalue weighted by Crippen LogP contribution is 2.26. The quantitative estimate of drug-likeness (QED) is 0.229. The van der Waals surface area contributed by atoms with Crippen LogP contribution in [0.2, 0.25) is 0 Å². The largest absolute Gasteiger partial charge is 0.465 e. The number of benzene rings is 2. The molecule has 3 heterocycles. The van der Waals surface area contributed by atoms with Crippen molar-refractivity contribution >= 4 is 17.0 Å². The fourth-order valence-corrected chi connectivity index (χ4v) is 4.48. The summed E-state index contributed by atoms with van der Waals surface area (Å²) < 4.78 is 34.4. The van der Waals surface area contributed by atoms with Gasteiger partial charge in [-0.25, -0.2) is 19.2 Å². The van der Waals surface area contributed by atoms with Crippen LogP contribution < -0.4 is 10.3 Å². The minimum absolute atomic E-state index is 0.0977. The monoisotopic (exact) mass is 567 g/mol. The zero-order valence-corrected chi connectivity index (χ0v) is 22.9. The second-order valence-corrected chi connectivity index (χ2v) is 9.32. The fourth-order valence-electron chi connectivity index (χ4n) is 4.48. The van der Waals surface area contributed by atoms with E-state index in [4.69, 9.17) is 24.5 Å². The molecule has 0 saturated heterocycles. The predicted octanol–water partition coefficient (Wildman–Crippen LogP) is 4.33. The van der Waals surface area contributed by atoms with Crippen molar-refractivity contribution in [2.45, 2.75) is 19.7 Å². The van der Waals surface area contributed by atoms with Crippen molar-refractivity contribution in [2.24, 2.45) is 0 Å². The van der Waals surface area contributed by atoms with Crippen molar-refractivity contribution in [3.05, 3.63) is 112 Å². The zero-order valence-electron chi connectivity index (χ0n) is 22.9. The van der Waals surface area contributed by atoms with Crippen LogP contribution in [0, 0.1) is 17.1 Å². The van der Waals surface area contributed by atoms with Gasteiger partial charge >= 0.3 is 5.97 Å². The smallest absolute Gasteiger partial charge is 0.337 e. The van der Waals surface area contributed by atoms with Crippen molar-refractivity contribution in [1.82, 2.24) is 19.1 Å². The second-order valence-electron chi connectivity index (χ2n) is 9.32. The Bertz CT molecular complexity index is 1870. The van der Waals surface area contributed by atoms with E-state index in [0.717, 1.165) is 5.52 Å². The number of rotatable bonds is 10. The first-order valence-electron chi connectivity index (χ1n) is 13.0. The molecule has 0 aliphatic carbocycles. The molecule has 0 saturated carbocycles. The summed E-state index contributed by atoms with van der Waals surface area (Å²) in [7, 11) is 2.92. The molecule has 0 unspecified atom stereocenters. The number of hydrogen-bond donors (Lipinski definition) is 0. The Hall–Kier alpha value is -5.34. The summed E-state index contributed by atoms with van der Waals surface area (Å²) in [5.74, 6) is 0.00452. The topological polar surface area (TPSA) is 121 Å². The van der Waals surface area contributed by atoms with Crippen LogP contribution >= 0.6 is 0 Å². The Morgan fingerprint density at radius 2 is 1.90 bits per heavy atom. The van der Waals surface area contributed by atoms with Gasteiger partial charge in [0.2, 0.25) is 5.88 Å². The van der Waals surface area contributed by atoms with Gasteiger partial charge in [0.15, 0.2) is 6.73 Å². The van der Waals surface area contributed by atoms with Crippen molar-refractivity contribution in [3.8, 4) is 23.2 Å². The number of carbonyl (C=O) groups is 1. The lowest BCUT2D eigenvalue weighted by Crippen LogP contribution is -2.21. The lowest BCUT2D eigenvalue weighted by atomic mass is 10.1. The number of pyridine rings is 2. The molecule has 212 valence electrons. The highest BCUT2D eigenvalue weighted by atomic mass is 19.1. The van der Waals surface area contributed by atoms with Crippen molar-refractivity contribution in [3.63, 3.8) is 0 Å². The first-order chi connectivity index (χ1) is 20.4. The highest BCUT2D eigenvalue weighted by molar-refractivity contribution is 5.93. The molecule has 0 aliphatic rings. The van der Waals surface area contributed by atoms with Crippen LogP contribution in [0.5, 0.6) is 5.88 Å². The lowest BCUT2D eigenvalue weighted by Gasteiger charge is -2.11. The number of hydrogen-bond acceptors (Lipinski definition) is 8. The Kier molecular flexibility index (Phi) is 8.36. The van der Waals surface area contributed by atoms with Gasteiger partial charge in [-0.15, -0.1) is 0 Å². The number of carbonyl (C=O) groups excluding carboxylic acids is 1. The Labute approximate surface area is 240 Å². The SMILES string of the molecule is COCCn1c(Cc2ccc(-c3cccc(OCn4ccc(C#N)cc4=O)n3)cc2F)nc2ccc(C(=O)OC)cc21. The molecule has 0 fully saturated rings. The number of halogens is 1. The Morgan fingerprint density at radius 1 is 1.05 bits per heavy atom. The molecule has 11 heteroatoms. The standard InChI is InChI=1S/C31H26FN5O5/c1-40-13-12-37-27-16-23(31(39)41-2)8-9-26(27)34-28(37)17-21-6-7-22(15-24(21)32)25-4-3-5-29(35-25)42-19-36-11-10-20(18-33)14-30(36)38/h3-11,14-16H,12-13,17,19H2,1-2H3. The van der Waals surface area contributed by atoms with Gasteiger partial charge in [0.05, 0.1) is 47.6 Å². The minimum atomic E-state index is -0.453. The second kappa shape index (κ2) is 12.4. The van der Waals surface area contributed by atoms with E-state index >= 15 is 4.39 Å². The summed E-state index contributed by atoms with van der Waals surface area (Å²) in [6.07, 6.45) is 1.69. The molecule has 0 aliphatic heterocycles. The van der Waals surface area contributed by atoms with E-state index in [2.05, 4.69) is 4.98 Å². The van der Waals surface area contributed by atoms with Crippen LogP contribution in [0.4, 0.5) is 4.39 Å². The normalized spacial score (nSPS) is 10.9. The Balaban J connectivity index is 1.37. The van der Waals surface area contributed by atoms with Crippen molar-refractivity contribution < 1.29 is 23.4 Å². The summed E-state index contributed by atoms with van der Waals surface area (Å²) in [4.78, 5) is 33.4. The van der Waals surface area contributed by atoms with Crippen LogP contribution in [-0.4, -0.2) is 45.9 Å². The lowest BCUT2D eigenvalue weighted by molar-refractivity contribution is 0.0601. The molecule has 3 aromatic heterocycles. The number of esters is 1. The van der Waals surface area contributed by atoms with Gasteiger partial charge in [-0.2, -0.15) is 5.26 Å². The van der Waals surface area contributed by atoms with Gasteiger partial charge in [0, 0.05) is 44.0 Å². The Morgan fingerprint density at radius 3 is 2.64 bits per heavy atom. The van der Waals surface area contributed by atoms with Crippen LogP contribution in [-0.2, 0) is 29.2 Å². The third-order valence-corrected chi connectivity index (χ3v) is 6.67. The molecule has 2 aromatic carbocycles. The van der Waals surface area contributed by atoms with E-state index in [-0.39, 0.29) is 30.2 Å². The number of ether oxygens (including phenoxy) is 3. The molecule has 0 N–H and O–H groups in total. The number of imidazole rings is 1. The van der Waals surface area contributed by atoms with Crippen LogP contribution in [0.15, 0.2) is 77.7 Å². The van der Waals surface area contributed by atoms with Gasteiger partial charge < -0.3 is 18.8 Å². The molecule has 5 aromatic rings. The van der Waals surface area contributed by atoms with Crippen LogP contribution in [0.3, 0.4) is 0 Å². The molecule has 0 spiro atoms. The van der Waals surface area contributed by atoms with Crippen molar-refractivity contribution in [2.75, 3.05) is 20.8 Å². The van der Waals surface area contributed by atoms with Gasteiger partial charge in [0.1, 0.15) is 11.6 Å². The molecule has 42 heavy (non-hydrogen) atoms. The van der Waals surface area contributed by atoms with Crippen molar-refractivity contribution in [1.29, 1.82) is 5.26 Å². The molecule has 5 rings (SSSR count). The number of nitrogens with zero attached hydrogens (tertiary/aromatic N) is 5. The third kappa shape index (κ3) is 6.04. The molecule has 10 nitrogen and oxygen atoms in total.